The number of hydrogen-bond acceptors (Lipinski definition) is 1. The Morgan fingerprint density at radius 1 is 0.520 bits per heavy atom. The first-order valence-electron chi connectivity index (χ1n) is 18.4. The van der Waals surface area contributed by atoms with E-state index in [1.807, 2.05) is 6.07 Å². The minimum Gasteiger partial charge on any atom is -0.455 e. The normalized spacial score (nSPS) is 13.8. The largest absolute Gasteiger partial charge is 0.455 e. The van der Waals surface area contributed by atoms with E-state index in [-0.39, 0.29) is 5.41 Å². The molecule has 0 saturated carbocycles. The minimum atomic E-state index is -0.0605. The number of furan rings is 1. The van der Waals surface area contributed by atoms with Gasteiger partial charge in [0.05, 0.1) is 0 Å². The summed E-state index contributed by atoms with van der Waals surface area (Å²) in [6, 6.07) is 48.2. The van der Waals surface area contributed by atoms with Crippen LogP contribution in [0, 0.1) is 5.92 Å². The fourth-order valence-electron chi connectivity index (χ4n) is 9.54. The Bertz CT molecular complexity index is 2770. The zero-order valence-corrected chi connectivity index (χ0v) is 29.2. The first kappa shape index (κ1) is 29.5. The predicted octanol–water partition coefficient (Wildman–Crippen LogP) is 14.1. The first-order valence-corrected chi connectivity index (χ1v) is 18.4. The number of para-hydroxylation sites is 2. The maximum Gasteiger partial charge on any atom is 0.143 e. The standard InChI is InChI=1S/C49H40O/c1-5-49(6-2)43-27-32(36-20-16-31-14-15-34-25-30(24-29(3)4)26-35-19-23-41(36)47(31)46(34)35)17-21-38(43)39-22-18-33(28-44(39)49)37-11-9-12-42-40-10-7-8-13-45(40)50-48(37)42/h7-23,25-29H,5-6,24H2,1-4H3. The first-order chi connectivity index (χ1) is 24.5. The third-order valence-corrected chi connectivity index (χ3v) is 11.9. The fraction of sp³-hybridized carbons (Fsp3) is 0.184. The summed E-state index contributed by atoms with van der Waals surface area (Å²) in [5, 5.41) is 10.5. The molecule has 50 heavy (non-hydrogen) atoms. The van der Waals surface area contributed by atoms with Gasteiger partial charge in [-0.05, 0) is 120 Å². The lowest BCUT2D eigenvalue weighted by atomic mass is 9.73. The van der Waals surface area contributed by atoms with Crippen LogP contribution in [0.3, 0.4) is 0 Å². The van der Waals surface area contributed by atoms with Crippen molar-refractivity contribution in [3.8, 4) is 33.4 Å². The van der Waals surface area contributed by atoms with E-state index < -0.39 is 0 Å². The lowest BCUT2D eigenvalue weighted by Gasteiger charge is -2.30. The Labute approximate surface area is 293 Å². The van der Waals surface area contributed by atoms with Gasteiger partial charge in [-0.2, -0.15) is 0 Å². The predicted molar refractivity (Wildman–Crippen MR) is 214 cm³/mol. The highest BCUT2D eigenvalue weighted by Gasteiger charge is 2.41. The van der Waals surface area contributed by atoms with Crippen molar-refractivity contribution in [1.82, 2.24) is 0 Å². The van der Waals surface area contributed by atoms with Gasteiger partial charge in [0.1, 0.15) is 11.2 Å². The van der Waals surface area contributed by atoms with Crippen molar-refractivity contribution in [2.45, 2.75) is 52.4 Å². The maximum absolute atomic E-state index is 6.49. The topological polar surface area (TPSA) is 13.1 Å². The monoisotopic (exact) mass is 644 g/mol. The van der Waals surface area contributed by atoms with Gasteiger partial charge in [-0.3, -0.25) is 0 Å². The molecule has 0 atom stereocenters. The van der Waals surface area contributed by atoms with Crippen molar-refractivity contribution in [2.24, 2.45) is 5.92 Å². The molecule has 0 N–H and O–H groups in total. The van der Waals surface area contributed by atoms with Crippen LogP contribution in [0.1, 0.15) is 57.2 Å². The van der Waals surface area contributed by atoms with Gasteiger partial charge < -0.3 is 4.42 Å². The molecule has 9 aromatic rings. The van der Waals surface area contributed by atoms with Gasteiger partial charge in [0.2, 0.25) is 0 Å². The quantitative estimate of drug-likeness (QED) is 0.164. The van der Waals surface area contributed by atoms with Crippen molar-refractivity contribution in [2.75, 3.05) is 0 Å². The number of fused-ring (bicyclic) bond motifs is 6. The molecule has 8 aromatic carbocycles. The molecule has 0 amide bonds. The maximum atomic E-state index is 6.49. The van der Waals surface area contributed by atoms with Crippen LogP contribution < -0.4 is 0 Å². The summed E-state index contributed by atoms with van der Waals surface area (Å²) >= 11 is 0. The molecule has 1 aliphatic carbocycles. The van der Waals surface area contributed by atoms with Crippen LogP contribution in [0.15, 0.2) is 132 Å². The molecule has 0 fully saturated rings. The second kappa shape index (κ2) is 10.8. The number of hydrogen-bond donors (Lipinski definition) is 0. The molecule has 1 aromatic heterocycles. The van der Waals surface area contributed by atoms with Gasteiger partial charge in [-0.1, -0.05) is 137 Å². The molecule has 242 valence electrons. The molecule has 0 bridgehead atoms. The van der Waals surface area contributed by atoms with Crippen LogP contribution in [0.2, 0.25) is 0 Å². The smallest absolute Gasteiger partial charge is 0.143 e. The highest BCUT2D eigenvalue weighted by atomic mass is 16.3. The van der Waals surface area contributed by atoms with Gasteiger partial charge in [0.25, 0.3) is 0 Å². The summed E-state index contributed by atoms with van der Waals surface area (Å²) < 4.78 is 6.49. The summed E-state index contributed by atoms with van der Waals surface area (Å²) in [6.07, 6.45) is 3.19. The minimum absolute atomic E-state index is 0.0605. The average molecular weight is 645 g/mol. The van der Waals surface area contributed by atoms with E-state index in [0.717, 1.165) is 36.0 Å². The Balaban J connectivity index is 1.13. The summed E-state index contributed by atoms with van der Waals surface area (Å²) in [5.74, 6) is 0.636. The molecular formula is C49H40O. The molecule has 1 heteroatoms. The highest BCUT2D eigenvalue weighted by molar-refractivity contribution is 6.25. The van der Waals surface area contributed by atoms with E-state index in [0.29, 0.717) is 5.92 Å². The van der Waals surface area contributed by atoms with E-state index in [4.69, 9.17) is 4.42 Å². The third kappa shape index (κ3) is 4.07. The molecule has 0 saturated heterocycles. The van der Waals surface area contributed by atoms with Crippen LogP contribution in [-0.2, 0) is 11.8 Å². The van der Waals surface area contributed by atoms with Crippen LogP contribution in [0.4, 0.5) is 0 Å². The molecule has 1 aliphatic rings. The van der Waals surface area contributed by atoms with Crippen LogP contribution in [0.25, 0.3) is 87.6 Å². The third-order valence-electron chi connectivity index (χ3n) is 11.9. The van der Waals surface area contributed by atoms with Crippen LogP contribution in [0.5, 0.6) is 0 Å². The van der Waals surface area contributed by atoms with Crippen LogP contribution in [-0.4, -0.2) is 0 Å². The SMILES string of the molecule is CCC1(CC)c2cc(-c3ccc4ccc5cc(CC(C)C)cc6ccc3c4c56)ccc2-c2ccc(-c3cccc4c3oc3ccccc34)cc21. The Morgan fingerprint density at radius 3 is 1.86 bits per heavy atom. The lowest BCUT2D eigenvalue weighted by Crippen LogP contribution is -2.23. The Hall–Kier alpha value is -5.40. The highest BCUT2D eigenvalue weighted by Crippen LogP contribution is 2.55. The van der Waals surface area contributed by atoms with Gasteiger partial charge in [0, 0.05) is 21.8 Å². The van der Waals surface area contributed by atoms with Crippen molar-refractivity contribution < 1.29 is 4.42 Å². The fourth-order valence-corrected chi connectivity index (χ4v) is 9.54. The van der Waals surface area contributed by atoms with Crippen molar-refractivity contribution in [1.29, 1.82) is 0 Å². The van der Waals surface area contributed by atoms with E-state index in [9.17, 15) is 0 Å². The van der Waals surface area contributed by atoms with Crippen LogP contribution >= 0.6 is 0 Å². The second-order valence-corrected chi connectivity index (χ2v) is 15.0. The summed E-state index contributed by atoms with van der Waals surface area (Å²) in [7, 11) is 0. The lowest BCUT2D eigenvalue weighted by molar-refractivity contribution is 0.491. The molecule has 1 nitrogen and oxygen atoms in total. The molecule has 0 radical (unpaired) electrons. The zero-order valence-electron chi connectivity index (χ0n) is 29.2. The molecule has 0 aliphatic heterocycles. The average Bonchev–Trinajstić information content (AvgIpc) is 3.66. The van der Waals surface area contributed by atoms with Gasteiger partial charge in [-0.15, -0.1) is 0 Å². The van der Waals surface area contributed by atoms with Gasteiger partial charge >= 0.3 is 0 Å². The van der Waals surface area contributed by atoms with Gasteiger partial charge in [-0.25, -0.2) is 0 Å². The summed E-state index contributed by atoms with van der Waals surface area (Å²) in [5.41, 5.74) is 13.9. The number of rotatable bonds is 6. The Morgan fingerprint density at radius 2 is 1.14 bits per heavy atom. The Kier molecular flexibility index (Phi) is 6.37. The summed E-state index contributed by atoms with van der Waals surface area (Å²) in [4.78, 5) is 0. The van der Waals surface area contributed by atoms with Gasteiger partial charge in [0.15, 0.2) is 0 Å². The zero-order chi connectivity index (χ0) is 33.7. The van der Waals surface area contributed by atoms with E-state index in [2.05, 4.69) is 149 Å². The molecule has 1 heterocycles. The molecule has 10 rings (SSSR count). The van der Waals surface area contributed by atoms with Crippen molar-refractivity contribution in [3.05, 3.63) is 144 Å². The van der Waals surface area contributed by atoms with E-state index >= 15 is 0 Å². The number of benzene rings is 8. The molecule has 0 unspecified atom stereocenters. The van der Waals surface area contributed by atoms with Crippen molar-refractivity contribution in [3.63, 3.8) is 0 Å². The molecular weight excluding hydrogens is 605 g/mol. The molecule has 0 spiro atoms. The van der Waals surface area contributed by atoms with E-state index in [1.54, 1.807) is 0 Å². The van der Waals surface area contributed by atoms with E-state index in [1.165, 1.54) is 87.6 Å². The summed E-state index contributed by atoms with van der Waals surface area (Å²) in [6.45, 7) is 9.34. The second-order valence-electron chi connectivity index (χ2n) is 15.0. The van der Waals surface area contributed by atoms with Crippen molar-refractivity contribution >= 4 is 54.3 Å².